The predicted octanol–water partition coefficient (Wildman–Crippen LogP) is -0.973. The van der Waals surface area contributed by atoms with E-state index < -0.39 is 24.5 Å². The van der Waals surface area contributed by atoms with Crippen molar-refractivity contribution >= 4 is 17.0 Å². The second-order valence-corrected chi connectivity index (χ2v) is 5.33. The highest BCUT2D eigenvalue weighted by molar-refractivity contribution is 5.81. The number of aromatic nitrogens is 4. The van der Waals surface area contributed by atoms with Gasteiger partial charge in [-0.05, 0) is 13.0 Å². The Morgan fingerprint density at radius 1 is 1.32 bits per heavy atom. The van der Waals surface area contributed by atoms with E-state index in [1.807, 2.05) is 0 Å². The van der Waals surface area contributed by atoms with E-state index >= 15 is 0 Å². The number of nitrogen functional groups attached to an aromatic ring is 1. The minimum atomic E-state index is -1.07. The van der Waals surface area contributed by atoms with Gasteiger partial charge < -0.3 is 26.0 Å². The lowest BCUT2D eigenvalue weighted by Crippen LogP contribution is -2.37. The Balaban J connectivity index is 1.83. The number of hydrogen-bond donors (Lipinski definition) is 4. The topological polar surface area (TPSA) is 131 Å². The highest BCUT2D eigenvalue weighted by Crippen LogP contribution is 2.31. The molecule has 1 aliphatic rings. The van der Waals surface area contributed by atoms with Gasteiger partial charge in [0, 0.05) is 6.54 Å². The summed E-state index contributed by atoms with van der Waals surface area (Å²) in [5.74, 6) is 0.262. The van der Waals surface area contributed by atoms with Crippen molar-refractivity contribution in [1.29, 1.82) is 0 Å². The minimum absolute atomic E-state index is 0.262. The summed E-state index contributed by atoms with van der Waals surface area (Å²) in [6.45, 7) is 3.34. The van der Waals surface area contributed by atoms with Crippen LogP contribution in [0.1, 0.15) is 19.6 Å². The van der Waals surface area contributed by atoms with E-state index in [4.69, 9.17) is 10.5 Å². The fraction of sp³-hybridized carbons (Fsp3) is 0.615. The van der Waals surface area contributed by atoms with Crippen molar-refractivity contribution in [2.75, 3.05) is 18.8 Å². The van der Waals surface area contributed by atoms with Crippen molar-refractivity contribution in [1.82, 2.24) is 24.8 Å². The zero-order valence-corrected chi connectivity index (χ0v) is 12.3. The molecule has 1 aliphatic heterocycles. The Kier molecular flexibility index (Phi) is 4.21. The van der Waals surface area contributed by atoms with Gasteiger partial charge in [-0.2, -0.15) is 0 Å². The van der Waals surface area contributed by atoms with Crippen LogP contribution < -0.4 is 11.1 Å². The zero-order valence-electron chi connectivity index (χ0n) is 12.3. The van der Waals surface area contributed by atoms with E-state index in [0.29, 0.717) is 17.7 Å². The van der Waals surface area contributed by atoms with Gasteiger partial charge in [0.15, 0.2) is 17.7 Å². The monoisotopic (exact) mass is 308 g/mol. The molecule has 0 bridgehead atoms. The summed E-state index contributed by atoms with van der Waals surface area (Å²) < 4.78 is 7.35. The van der Waals surface area contributed by atoms with Crippen molar-refractivity contribution < 1.29 is 14.9 Å². The molecule has 9 nitrogen and oxygen atoms in total. The fourth-order valence-corrected chi connectivity index (χ4v) is 2.61. The van der Waals surface area contributed by atoms with Crippen LogP contribution in [0.15, 0.2) is 12.7 Å². The fourth-order valence-electron chi connectivity index (χ4n) is 2.61. The average Bonchev–Trinajstić information content (AvgIpc) is 3.05. The normalized spacial score (nSPS) is 28.5. The summed E-state index contributed by atoms with van der Waals surface area (Å²) in [4.78, 5) is 12.1. The van der Waals surface area contributed by atoms with Crippen LogP contribution in [0.25, 0.3) is 11.2 Å². The van der Waals surface area contributed by atoms with E-state index in [9.17, 15) is 10.2 Å². The van der Waals surface area contributed by atoms with Crippen LogP contribution >= 0.6 is 0 Å². The number of nitrogens with one attached hydrogen (secondary N) is 1. The molecule has 0 amide bonds. The number of aliphatic hydroxyl groups is 2. The molecular formula is C13H20N6O3. The van der Waals surface area contributed by atoms with Crippen LogP contribution in [0, 0.1) is 0 Å². The lowest BCUT2D eigenvalue weighted by atomic mass is 10.1. The minimum Gasteiger partial charge on any atom is -0.387 e. The summed E-state index contributed by atoms with van der Waals surface area (Å²) in [5, 5.41) is 23.6. The number of fused-ring (bicyclic) bond motifs is 1. The molecule has 2 aromatic rings. The Hall–Kier alpha value is -1.81. The first-order valence-corrected chi connectivity index (χ1v) is 7.28. The van der Waals surface area contributed by atoms with E-state index in [1.165, 1.54) is 12.7 Å². The SMILES string of the molecule is CCCNC[C@H]1OC(n2cnc3c(N)ncnc32)[C@H](O)[C@@H]1O. The quantitative estimate of drug-likeness (QED) is 0.519. The average molecular weight is 308 g/mol. The van der Waals surface area contributed by atoms with Crippen LogP contribution in [-0.2, 0) is 4.74 Å². The lowest BCUT2D eigenvalue weighted by Gasteiger charge is -2.16. The number of anilines is 1. The summed E-state index contributed by atoms with van der Waals surface area (Å²) in [5.41, 5.74) is 6.66. The molecule has 120 valence electrons. The first-order valence-electron chi connectivity index (χ1n) is 7.28. The number of imidazole rings is 1. The molecule has 1 unspecified atom stereocenters. The highest BCUT2D eigenvalue weighted by Gasteiger charge is 2.44. The second kappa shape index (κ2) is 6.13. The molecule has 0 radical (unpaired) electrons. The van der Waals surface area contributed by atoms with Crippen LogP contribution in [0.3, 0.4) is 0 Å². The van der Waals surface area contributed by atoms with Crippen molar-refractivity contribution in [2.24, 2.45) is 0 Å². The van der Waals surface area contributed by atoms with Crippen molar-refractivity contribution in [3.63, 3.8) is 0 Å². The van der Waals surface area contributed by atoms with E-state index in [1.54, 1.807) is 4.57 Å². The molecule has 3 heterocycles. The van der Waals surface area contributed by atoms with Gasteiger partial charge in [0.05, 0.1) is 6.33 Å². The van der Waals surface area contributed by atoms with Crippen molar-refractivity contribution in [3.8, 4) is 0 Å². The second-order valence-electron chi connectivity index (χ2n) is 5.33. The third kappa shape index (κ3) is 2.52. The van der Waals surface area contributed by atoms with Crippen LogP contribution in [0.5, 0.6) is 0 Å². The smallest absolute Gasteiger partial charge is 0.167 e. The molecule has 0 aliphatic carbocycles. The maximum atomic E-state index is 10.3. The molecule has 1 fully saturated rings. The highest BCUT2D eigenvalue weighted by atomic mass is 16.6. The van der Waals surface area contributed by atoms with E-state index in [0.717, 1.165) is 13.0 Å². The van der Waals surface area contributed by atoms with E-state index in [-0.39, 0.29) is 5.82 Å². The Morgan fingerprint density at radius 3 is 2.91 bits per heavy atom. The van der Waals surface area contributed by atoms with Crippen LogP contribution in [0.4, 0.5) is 5.82 Å². The molecular weight excluding hydrogens is 288 g/mol. The molecule has 5 N–H and O–H groups in total. The zero-order chi connectivity index (χ0) is 15.7. The maximum absolute atomic E-state index is 10.3. The van der Waals surface area contributed by atoms with Crippen molar-refractivity contribution in [2.45, 2.75) is 37.9 Å². The Bertz CT molecular complexity index is 648. The number of aliphatic hydroxyl groups excluding tert-OH is 2. The molecule has 0 aromatic carbocycles. The number of hydrogen-bond acceptors (Lipinski definition) is 8. The van der Waals surface area contributed by atoms with Gasteiger partial charge in [-0.3, -0.25) is 4.57 Å². The van der Waals surface area contributed by atoms with Gasteiger partial charge in [0.1, 0.15) is 30.2 Å². The summed E-state index contributed by atoms with van der Waals surface area (Å²) >= 11 is 0. The van der Waals surface area contributed by atoms with E-state index in [2.05, 4.69) is 27.2 Å². The number of nitrogens with two attached hydrogens (primary N) is 1. The van der Waals surface area contributed by atoms with Gasteiger partial charge in [0.2, 0.25) is 0 Å². The molecule has 2 aromatic heterocycles. The third-order valence-electron chi connectivity index (χ3n) is 3.77. The lowest BCUT2D eigenvalue weighted by molar-refractivity contribution is -0.0341. The number of rotatable bonds is 5. The third-order valence-corrected chi connectivity index (χ3v) is 3.77. The summed E-state index contributed by atoms with van der Waals surface area (Å²) in [6.07, 6.45) is 0.488. The number of ether oxygens (including phenoxy) is 1. The maximum Gasteiger partial charge on any atom is 0.167 e. The molecule has 0 saturated carbocycles. The van der Waals surface area contributed by atoms with Gasteiger partial charge in [-0.15, -0.1) is 0 Å². The van der Waals surface area contributed by atoms with Crippen molar-refractivity contribution in [3.05, 3.63) is 12.7 Å². The predicted molar refractivity (Wildman–Crippen MR) is 78.8 cm³/mol. The standard InChI is InChI=1S/C13H20N6O3/c1-2-3-15-4-7-9(20)10(21)13(22-7)19-6-18-8-11(14)16-5-17-12(8)19/h5-7,9-10,13,15,20-21H,2-4H2,1H3,(H2,14,16,17)/t7-,9-,10-,13?/m1/s1. The number of nitrogens with zero attached hydrogens (tertiary/aromatic N) is 4. The molecule has 9 heteroatoms. The van der Waals surface area contributed by atoms with Crippen LogP contribution in [-0.4, -0.2) is 61.1 Å². The molecule has 0 spiro atoms. The van der Waals surface area contributed by atoms with Gasteiger partial charge in [0.25, 0.3) is 0 Å². The summed E-state index contributed by atoms with van der Waals surface area (Å²) in [6, 6.07) is 0. The van der Waals surface area contributed by atoms with Gasteiger partial charge >= 0.3 is 0 Å². The largest absolute Gasteiger partial charge is 0.387 e. The first-order chi connectivity index (χ1) is 10.6. The van der Waals surface area contributed by atoms with Gasteiger partial charge in [-0.25, -0.2) is 15.0 Å². The summed E-state index contributed by atoms with van der Waals surface area (Å²) in [7, 11) is 0. The first kappa shape index (κ1) is 15.1. The molecule has 3 rings (SSSR count). The molecule has 4 atom stereocenters. The Morgan fingerprint density at radius 2 is 2.14 bits per heavy atom. The van der Waals surface area contributed by atoms with Gasteiger partial charge in [-0.1, -0.05) is 6.92 Å². The molecule has 1 saturated heterocycles. The molecule has 22 heavy (non-hydrogen) atoms. The van der Waals surface area contributed by atoms with Crippen LogP contribution in [0.2, 0.25) is 0 Å². The Labute approximate surface area is 127 Å².